The van der Waals surface area contributed by atoms with Crippen LogP contribution in [-0.4, -0.2) is 17.0 Å². The van der Waals surface area contributed by atoms with Gasteiger partial charge < -0.3 is 5.32 Å². The van der Waals surface area contributed by atoms with Crippen molar-refractivity contribution < 1.29 is 4.39 Å². The molecule has 1 heterocycles. The Balaban J connectivity index is 2.04. The minimum Gasteiger partial charge on any atom is -0.335 e. The van der Waals surface area contributed by atoms with Gasteiger partial charge in [-0.3, -0.25) is 4.99 Å². The fourth-order valence-corrected chi connectivity index (χ4v) is 2.09. The molecular formula is C10H11FN2S. The molecule has 2 nitrogen and oxygen atoms in total. The number of halogens is 1. The maximum Gasteiger partial charge on any atom is 0.161 e. The lowest BCUT2D eigenvalue weighted by Gasteiger charge is -2.05. The highest BCUT2D eigenvalue weighted by atomic mass is 32.2. The summed E-state index contributed by atoms with van der Waals surface area (Å²) in [6.07, 6.45) is 0. The average molecular weight is 210 g/mol. The molecule has 0 bridgehead atoms. The minimum absolute atomic E-state index is 0.230. The van der Waals surface area contributed by atoms with Crippen molar-refractivity contribution in [3.63, 3.8) is 0 Å². The molecule has 1 aliphatic heterocycles. The zero-order valence-corrected chi connectivity index (χ0v) is 8.64. The molecular weight excluding hydrogens is 199 g/mol. The Labute approximate surface area is 86.6 Å². The molecule has 0 radical (unpaired) electrons. The highest BCUT2D eigenvalue weighted by Gasteiger charge is 2.14. The number of anilines is 1. The number of nitrogens with one attached hydrogen (secondary N) is 1. The van der Waals surface area contributed by atoms with Crippen molar-refractivity contribution in [3.05, 3.63) is 30.1 Å². The van der Waals surface area contributed by atoms with Crippen LogP contribution in [0.2, 0.25) is 0 Å². The van der Waals surface area contributed by atoms with E-state index in [-0.39, 0.29) is 5.82 Å². The lowest BCUT2D eigenvalue weighted by molar-refractivity contribution is 0.628. The second kappa shape index (κ2) is 4.00. The van der Waals surface area contributed by atoms with Crippen LogP contribution < -0.4 is 5.32 Å². The molecule has 1 aromatic carbocycles. The molecule has 1 aliphatic rings. The van der Waals surface area contributed by atoms with Crippen LogP contribution in [0.4, 0.5) is 10.1 Å². The van der Waals surface area contributed by atoms with Crippen LogP contribution in [0.15, 0.2) is 29.3 Å². The Bertz CT molecular complexity index is 365. The molecule has 1 N–H and O–H groups in total. The molecule has 0 aromatic heterocycles. The summed E-state index contributed by atoms with van der Waals surface area (Å²) in [4.78, 5) is 4.29. The highest BCUT2D eigenvalue weighted by Crippen LogP contribution is 2.22. The zero-order chi connectivity index (χ0) is 9.97. The normalized spacial score (nSPS) is 20.7. The van der Waals surface area contributed by atoms with E-state index in [9.17, 15) is 4.39 Å². The van der Waals surface area contributed by atoms with Gasteiger partial charge in [0, 0.05) is 10.9 Å². The van der Waals surface area contributed by atoms with Gasteiger partial charge in [-0.15, -0.1) is 0 Å². The Morgan fingerprint density at radius 2 is 2.43 bits per heavy atom. The molecule has 0 aliphatic carbocycles. The lowest BCUT2D eigenvalue weighted by Crippen LogP contribution is -2.05. The van der Waals surface area contributed by atoms with Gasteiger partial charge in [-0.2, -0.15) is 0 Å². The summed E-state index contributed by atoms with van der Waals surface area (Å²) in [5.74, 6) is -0.230. The Morgan fingerprint density at radius 1 is 1.57 bits per heavy atom. The SMILES string of the molecule is C[C@H]1CN=C(Nc2cccc(F)c2)S1. The molecule has 74 valence electrons. The summed E-state index contributed by atoms with van der Waals surface area (Å²) >= 11 is 1.68. The number of aliphatic imine (C=N–C) groups is 1. The van der Waals surface area contributed by atoms with Gasteiger partial charge >= 0.3 is 0 Å². The topological polar surface area (TPSA) is 24.4 Å². The van der Waals surface area contributed by atoms with E-state index in [1.807, 2.05) is 6.07 Å². The molecule has 4 heteroatoms. The number of amidine groups is 1. The quantitative estimate of drug-likeness (QED) is 0.770. The van der Waals surface area contributed by atoms with Crippen LogP contribution in [-0.2, 0) is 0 Å². The minimum atomic E-state index is -0.230. The molecule has 0 spiro atoms. The number of hydrogen-bond acceptors (Lipinski definition) is 3. The summed E-state index contributed by atoms with van der Waals surface area (Å²) in [5.41, 5.74) is 0.755. The van der Waals surface area contributed by atoms with E-state index >= 15 is 0 Å². The van der Waals surface area contributed by atoms with Crippen molar-refractivity contribution in [2.45, 2.75) is 12.2 Å². The van der Waals surface area contributed by atoms with E-state index in [2.05, 4.69) is 17.2 Å². The summed E-state index contributed by atoms with van der Waals surface area (Å²) in [6, 6.07) is 6.40. The van der Waals surface area contributed by atoms with Crippen LogP contribution in [0, 0.1) is 5.82 Å². The third kappa shape index (κ3) is 2.26. The number of benzene rings is 1. The van der Waals surface area contributed by atoms with Crippen molar-refractivity contribution >= 4 is 22.6 Å². The van der Waals surface area contributed by atoms with Crippen molar-refractivity contribution in [2.75, 3.05) is 11.9 Å². The summed E-state index contributed by atoms with van der Waals surface area (Å²) < 4.78 is 12.8. The first kappa shape index (κ1) is 9.52. The molecule has 0 fully saturated rings. The first-order chi connectivity index (χ1) is 6.74. The standard InChI is InChI=1S/C10H11FN2S/c1-7-6-12-10(14-7)13-9-4-2-3-8(11)5-9/h2-5,7H,6H2,1H3,(H,12,13)/t7-/m0/s1. The van der Waals surface area contributed by atoms with Crippen LogP contribution in [0.25, 0.3) is 0 Å². The summed E-state index contributed by atoms with van der Waals surface area (Å²) in [5, 5.41) is 4.48. The first-order valence-corrected chi connectivity index (χ1v) is 5.36. The third-order valence-corrected chi connectivity index (χ3v) is 2.89. The monoisotopic (exact) mass is 210 g/mol. The molecule has 0 amide bonds. The second-order valence-electron chi connectivity index (χ2n) is 3.21. The summed E-state index contributed by atoms with van der Waals surface area (Å²) in [7, 11) is 0. The van der Waals surface area contributed by atoms with Gasteiger partial charge in [0.1, 0.15) is 5.82 Å². The zero-order valence-electron chi connectivity index (χ0n) is 7.83. The highest BCUT2D eigenvalue weighted by molar-refractivity contribution is 8.15. The number of hydrogen-bond donors (Lipinski definition) is 1. The molecule has 1 atom stereocenters. The van der Waals surface area contributed by atoms with Gasteiger partial charge in [-0.1, -0.05) is 24.8 Å². The average Bonchev–Trinajstić information content (AvgIpc) is 2.51. The number of thioether (sulfide) groups is 1. The van der Waals surface area contributed by atoms with Crippen LogP contribution in [0.5, 0.6) is 0 Å². The fraction of sp³-hybridized carbons (Fsp3) is 0.300. The van der Waals surface area contributed by atoms with Crippen LogP contribution in [0.3, 0.4) is 0 Å². The smallest absolute Gasteiger partial charge is 0.161 e. The van der Waals surface area contributed by atoms with Gasteiger partial charge in [0.15, 0.2) is 5.17 Å². The number of nitrogens with zero attached hydrogens (tertiary/aromatic N) is 1. The van der Waals surface area contributed by atoms with Gasteiger partial charge in [0.25, 0.3) is 0 Å². The van der Waals surface area contributed by atoms with E-state index in [0.29, 0.717) is 5.25 Å². The van der Waals surface area contributed by atoms with Gasteiger partial charge in [-0.05, 0) is 18.2 Å². The van der Waals surface area contributed by atoms with E-state index in [0.717, 1.165) is 17.4 Å². The first-order valence-electron chi connectivity index (χ1n) is 4.48. The number of rotatable bonds is 1. The van der Waals surface area contributed by atoms with Crippen molar-refractivity contribution in [1.29, 1.82) is 0 Å². The van der Waals surface area contributed by atoms with Crippen molar-refractivity contribution in [2.24, 2.45) is 4.99 Å². The van der Waals surface area contributed by atoms with E-state index in [4.69, 9.17) is 0 Å². The molecule has 0 saturated carbocycles. The van der Waals surface area contributed by atoms with Crippen molar-refractivity contribution in [3.8, 4) is 0 Å². The van der Waals surface area contributed by atoms with Gasteiger partial charge in [0.2, 0.25) is 0 Å². The Kier molecular flexibility index (Phi) is 2.72. The van der Waals surface area contributed by atoms with E-state index < -0.39 is 0 Å². The van der Waals surface area contributed by atoms with Gasteiger partial charge in [0.05, 0.1) is 6.54 Å². The largest absolute Gasteiger partial charge is 0.335 e. The van der Waals surface area contributed by atoms with Crippen LogP contribution in [0.1, 0.15) is 6.92 Å². The third-order valence-electron chi connectivity index (χ3n) is 1.88. The molecule has 2 rings (SSSR count). The molecule has 14 heavy (non-hydrogen) atoms. The van der Waals surface area contributed by atoms with E-state index in [1.165, 1.54) is 12.1 Å². The summed E-state index contributed by atoms with van der Waals surface area (Å²) in [6.45, 7) is 2.96. The predicted octanol–water partition coefficient (Wildman–Crippen LogP) is 2.73. The van der Waals surface area contributed by atoms with E-state index in [1.54, 1.807) is 17.8 Å². The molecule has 0 saturated heterocycles. The van der Waals surface area contributed by atoms with Crippen molar-refractivity contribution in [1.82, 2.24) is 0 Å². The fourth-order valence-electron chi connectivity index (χ4n) is 1.24. The van der Waals surface area contributed by atoms with Gasteiger partial charge in [-0.25, -0.2) is 4.39 Å². The lowest BCUT2D eigenvalue weighted by atomic mass is 10.3. The maximum atomic E-state index is 12.8. The molecule has 1 aromatic rings. The second-order valence-corrected chi connectivity index (χ2v) is 4.64. The molecule has 0 unspecified atom stereocenters. The van der Waals surface area contributed by atoms with Crippen LogP contribution >= 0.6 is 11.8 Å². The Morgan fingerprint density at radius 3 is 3.07 bits per heavy atom. The Hall–Kier alpha value is -1.03. The predicted molar refractivity (Wildman–Crippen MR) is 59.4 cm³/mol. The maximum absolute atomic E-state index is 12.8.